The van der Waals surface area contributed by atoms with E-state index < -0.39 is 23.4 Å². The SMILES string of the molecule is CCCCc1cc2c3c(cnc2[nH]1)CN(c1c(F)c(OC)cc(OC)c1F)C(=O)N3C1CC1. The minimum Gasteiger partial charge on any atom is -0.493 e. The van der Waals surface area contributed by atoms with Crippen molar-refractivity contribution in [2.24, 2.45) is 0 Å². The molecule has 2 amide bonds. The van der Waals surface area contributed by atoms with Crippen LogP contribution in [-0.2, 0) is 13.0 Å². The number of pyridine rings is 1. The first-order valence-corrected chi connectivity index (χ1v) is 11.2. The number of carbonyl (C=O) groups excluding carboxylic acids is 1. The lowest BCUT2D eigenvalue weighted by Crippen LogP contribution is -2.49. The number of rotatable bonds is 7. The van der Waals surface area contributed by atoms with Gasteiger partial charge >= 0.3 is 6.03 Å². The molecule has 174 valence electrons. The number of hydrogen-bond acceptors (Lipinski definition) is 4. The molecule has 1 saturated carbocycles. The van der Waals surface area contributed by atoms with E-state index in [0.29, 0.717) is 5.65 Å². The Balaban J connectivity index is 1.66. The average Bonchev–Trinajstić information content (AvgIpc) is 3.56. The first-order chi connectivity index (χ1) is 16.0. The van der Waals surface area contributed by atoms with Gasteiger partial charge in [-0.15, -0.1) is 0 Å². The van der Waals surface area contributed by atoms with Gasteiger partial charge in [0.2, 0.25) is 0 Å². The van der Waals surface area contributed by atoms with Gasteiger partial charge < -0.3 is 14.5 Å². The largest absolute Gasteiger partial charge is 0.493 e. The number of benzene rings is 1. The summed E-state index contributed by atoms with van der Waals surface area (Å²) in [6.45, 7) is 2.12. The lowest BCUT2D eigenvalue weighted by Gasteiger charge is -2.37. The number of ether oxygens (including phenoxy) is 2. The summed E-state index contributed by atoms with van der Waals surface area (Å²) in [4.78, 5) is 24.4. The normalized spacial score (nSPS) is 15.8. The summed E-state index contributed by atoms with van der Waals surface area (Å²) in [5, 5.41) is 0.864. The van der Waals surface area contributed by atoms with Crippen molar-refractivity contribution in [1.29, 1.82) is 0 Å². The summed E-state index contributed by atoms with van der Waals surface area (Å²) in [6.07, 6.45) is 6.36. The molecule has 0 saturated heterocycles. The summed E-state index contributed by atoms with van der Waals surface area (Å²) in [5.74, 6) is -2.28. The third kappa shape index (κ3) is 3.46. The van der Waals surface area contributed by atoms with Crippen molar-refractivity contribution in [3.63, 3.8) is 0 Å². The third-order valence-electron chi connectivity index (χ3n) is 6.30. The van der Waals surface area contributed by atoms with Gasteiger partial charge in [0.25, 0.3) is 0 Å². The van der Waals surface area contributed by atoms with Gasteiger partial charge in [0, 0.05) is 34.9 Å². The summed E-state index contributed by atoms with van der Waals surface area (Å²) in [5.41, 5.74) is 2.81. The van der Waals surface area contributed by atoms with Crippen LogP contribution in [0.5, 0.6) is 11.5 Å². The molecule has 1 aliphatic heterocycles. The monoisotopic (exact) mass is 456 g/mol. The van der Waals surface area contributed by atoms with Crippen molar-refractivity contribution in [2.75, 3.05) is 24.0 Å². The highest BCUT2D eigenvalue weighted by Gasteiger charge is 2.44. The second kappa shape index (κ2) is 8.20. The number of unbranched alkanes of at least 4 members (excludes halogenated alkanes) is 1. The van der Waals surface area contributed by atoms with E-state index >= 15 is 8.78 Å². The molecule has 9 heteroatoms. The molecule has 33 heavy (non-hydrogen) atoms. The van der Waals surface area contributed by atoms with Crippen LogP contribution < -0.4 is 19.3 Å². The lowest BCUT2D eigenvalue weighted by molar-refractivity contribution is 0.249. The molecule has 0 unspecified atom stereocenters. The van der Waals surface area contributed by atoms with Crippen molar-refractivity contribution >= 4 is 28.4 Å². The molecule has 7 nitrogen and oxygen atoms in total. The zero-order chi connectivity index (χ0) is 23.3. The molecule has 2 aliphatic rings. The fourth-order valence-corrected chi connectivity index (χ4v) is 4.48. The molecule has 1 aromatic carbocycles. The second-order valence-corrected chi connectivity index (χ2v) is 8.52. The van der Waals surface area contributed by atoms with Crippen LogP contribution >= 0.6 is 0 Å². The number of fused-ring (bicyclic) bond motifs is 3. The minimum atomic E-state index is -0.944. The van der Waals surface area contributed by atoms with Crippen molar-refractivity contribution in [3.05, 3.63) is 41.2 Å². The second-order valence-electron chi connectivity index (χ2n) is 8.52. The van der Waals surface area contributed by atoms with Crippen LogP contribution in [0.1, 0.15) is 43.9 Å². The van der Waals surface area contributed by atoms with Gasteiger partial charge in [-0.05, 0) is 31.7 Å². The molecule has 3 aromatic rings. The van der Waals surface area contributed by atoms with Crippen LogP contribution in [0, 0.1) is 11.6 Å². The maximum atomic E-state index is 15.2. The van der Waals surface area contributed by atoms with E-state index in [-0.39, 0.29) is 24.1 Å². The summed E-state index contributed by atoms with van der Waals surface area (Å²) in [7, 11) is 2.57. The van der Waals surface area contributed by atoms with Crippen molar-refractivity contribution in [2.45, 2.75) is 51.6 Å². The Morgan fingerprint density at radius 2 is 1.82 bits per heavy atom. The molecule has 0 spiro atoms. The molecule has 1 aliphatic carbocycles. The predicted molar refractivity (Wildman–Crippen MR) is 121 cm³/mol. The number of aromatic nitrogens is 2. The maximum absolute atomic E-state index is 15.2. The Morgan fingerprint density at radius 3 is 2.42 bits per heavy atom. The van der Waals surface area contributed by atoms with Crippen molar-refractivity contribution in [3.8, 4) is 11.5 Å². The Morgan fingerprint density at radius 1 is 1.12 bits per heavy atom. The Hall–Kier alpha value is -3.36. The van der Waals surface area contributed by atoms with E-state index in [1.165, 1.54) is 14.2 Å². The predicted octanol–water partition coefficient (Wildman–Crippen LogP) is 5.31. The van der Waals surface area contributed by atoms with Gasteiger partial charge in [-0.3, -0.25) is 9.80 Å². The molecule has 1 N–H and O–H groups in total. The Kier molecular flexibility index (Phi) is 5.34. The van der Waals surface area contributed by atoms with Crippen LogP contribution in [0.4, 0.5) is 25.0 Å². The number of halogens is 2. The quantitative estimate of drug-likeness (QED) is 0.523. The molecule has 1 fully saturated rings. The van der Waals surface area contributed by atoms with Gasteiger partial charge in [-0.1, -0.05) is 13.3 Å². The molecule has 3 heterocycles. The standard InChI is InChI=1S/C24H26F2N4O3/c1-4-5-6-14-9-16-21-13(11-27-23(16)28-14)12-29(24(31)30(21)15-7-8-15)22-19(25)17(32-2)10-18(33-3)20(22)26/h9-11,15H,4-8,12H2,1-3H3,(H,27,28). The fraction of sp³-hybridized carbons (Fsp3) is 0.417. The fourth-order valence-electron chi connectivity index (χ4n) is 4.48. The third-order valence-corrected chi connectivity index (χ3v) is 6.30. The van der Waals surface area contributed by atoms with Gasteiger partial charge in [0.1, 0.15) is 11.3 Å². The summed E-state index contributed by atoms with van der Waals surface area (Å²) < 4.78 is 40.6. The average molecular weight is 456 g/mol. The van der Waals surface area contributed by atoms with Crippen LogP contribution in [0.2, 0.25) is 0 Å². The van der Waals surface area contributed by atoms with Crippen LogP contribution in [0.25, 0.3) is 11.0 Å². The highest BCUT2D eigenvalue weighted by molar-refractivity contribution is 6.12. The van der Waals surface area contributed by atoms with Crippen molar-refractivity contribution < 1.29 is 23.0 Å². The number of carbonyl (C=O) groups is 1. The van der Waals surface area contributed by atoms with E-state index in [9.17, 15) is 4.79 Å². The molecule has 5 rings (SSSR count). The minimum absolute atomic E-state index is 0.0139. The topological polar surface area (TPSA) is 70.7 Å². The van der Waals surface area contributed by atoms with Gasteiger partial charge in [0.15, 0.2) is 23.1 Å². The zero-order valence-electron chi connectivity index (χ0n) is 18.9. The molecule has 0 bridgehead atoms. The highest BCUT2D eigenvalue weighted by atomic mass is 19.1. The molecule has 0 radical (unpaired) electrons. The lowest BCUT2D eigenvalue weighted by atomic mass is 10.1. The van der Waals surface area contributed by atoms with Gasteiger partial charge in [0.05, 0.1) is 26.5 Å². The van der Waals surface area contributed by atoms with E-state index in [2.05, 4.69) is 16.9 Å². The summed E-state index contributed by atoms with van der Waals surface area (Å²) in [6, 6.07) is 2.70. The van der Waals surface area contributed by atoms with Crippen LogP contribution in [-0.4, -0.2) is 36.3 Å². The number of urea groups is 1. The van der Waals surface area contributed by atoms with Gasteiger partial charge in [-0.25, -0.2) is 18.6 Å². The Labute approximate surface area is 190 Å². The number of aryl methyl sites for hydroxylation is 1. The first-order valence-electron chi connectivity index (χ1n) is 11.2. The van der Waals surface area contributed by atoms with Gasteiger partial charge in [-0.2, -0.15) is 0 Å². The smallest absolute Gasteiger partial charge is 0.329 e. The van der Waals surface area contributed by atoms with E-state index in [4.69, 9.17) is 9.47 Å². The highest BCUT2D eigenvalue weighted by Crippen LogP contribution is 2.45. The number of nitrogens with one attached hydrogen (secondary N) is 1. The van der Waals surface area contributed by atoms with E-state index in [1.807, 2.05) is 6.07 Å². The van der Waals surface area contributed by atoms with Crippen LogP contribution in [0.15, 0.2) is 18.3 Å². The number of aromatic amines is 1. The molecular weight excluding hydrogens is 430 g/mol. The molecular formula is C24H26F2N4O3. The first kappa shape index (κ1) is 21.5. The molecule has 2 aromatic heterocycles. The number of anilines is 2. The Bertz CT molecular complexity index is 1210. The summed E-state index contributed by atoms with van der Waals surface area (Å²) >= 11 is 0. The molecule has 0 atom stereocenters. The number of amides is 2. The van der Waals surface area contributed by atoms with E-state index in [0.717, 1.165) is 65.4 Å². The number of nitrogens with zero attached hydrogens (tertiary/aromatic N) is 3. The van der Waals surface area contributed by atoms with E-state index in [1.54, 1.807) is 11.1 Å². The number of hydrogen-bond donors (Lipinski definition) is 1. The van der Waals surface area contributed by atoms with Crippen molar-refractivity contribution in [1.82, 2.24) is 9.97 Å². The van der Waals surface area contributed by atoms with Crippen LogP contribution in [0.3, 0.4) is 0 Å². The number of H-pyrrole nitrogens is 1. The number of methoxy groups -OCH3 is 2. The zero-order valence-corrected chi connectivity index (χ0v) is 18.9. The maximum Gasteiger partial charge on any atom is 0.329 e.